The van der Waals surface area contributed by atoms with Crippen molar-refractivity contribution in [3.63, 3.8) is 0 Å². The van der Waals surface area contributed by atoms with E-state index in [1.807, 2.05) is 0 Å². The summed E-state index contributed by atoms with van der Waals surface area (Å²) in [5, 5.41) is 0.539. The lowest BCUT2D eigenvalue weighted by Gasteiger charge is -1.72. The summed E-state index contributed by atoms with van der Waals surface area (Å²) >= 11 is 0. The topological polar surface area (TPSA) is 52.0 Å². The summed E-state index contributed by atoms with van der Waals surface area (Å²) in [5.41, 5.74) is 5.80. The van der Waals surface area contributed by atoms with Crippen LogP contribution in [0.25, 0.3) is 12.7 Å². The summed E-state index contributed by atoms with van der Waals surface area (Å²) in [6, 6.07) is 0.137. The summed E-state index contributed by atoms with van der Waals surface area (Å²) < 4.78 is 4.93. The van der Waals surface area contributed by atoms with E-state index < -0.39 is 0 Å². The van der Waals surface area contributed by atoms with Crippen molar-refractivity contribution in [1.29, 1.82) is 0 Å². The Labute approximate surface area is 58.2 Å². The average molecular weight is 136 g/mol. The molecule has 0 aliphatic heterocycles. The molecule has 1 rings (SSSR count). The number of anilines is 1. The number of hydrogen-bond donors (Lipinski definition) is 1. The van der Waals surface area contributed by atoms with E-state index in [9.17, 15) is 0 Å². The standard InChI is InChI=1S/C7H8N2O/c1-3-4-6-5(2)9-7(8)10-6/h3-4H,1-2H2,(H2,8,9). The Morgan fingerprint density at radius 3 is 2.70 bits per heavy atom. The molecule has 10 heavy (non-hydrogen) atoms. The van der Waals surface area contributed by atoms with Crippen LogP contribution < -0.4 is 16.5 Å². The van der Waals surface area contributed by atoms with Crippen LogP contribution in [0.4, 0.5) is 6.01 Å². The lowest BCUT2D eigenvalue weighted by atomic mass is 10.5. The molecule has 0 aromatic carbocycles. The number of nitrogens with zero attached hydrogens (tertiary/aromatic N) is 1. The van der Waals surface area contributed by atoms with Crippen LogP contribution >= 0.6 is 0 Å². The Hall–Kier alpha value is -1.51. The van der Waals surface area contributed by atoms with Gasteiger partial charge < -0.3 is 10.2 Å². The van der Waals surface area contributed by atoms with Gasteiger partial charge in [0.1, 0.15) is 5.35 Å². The zero-order chi connectivity index (χ0) is 7.56. The highest BCUT2D eigenvalue weighted by molar-refractivity contribution is 5.32. The summed E-state index contributed by atoms with van der Waals surface area (Å²) in [5.74, 6) is 0. The summed E-state index contributed by atoms with van der Waals surface area (Å²) in [4.78, 5) is 3.75. The SMILES string of the molecule is C=CC=c1oc(N)nc1=C. The number of aromatic nitrogens is 1. The van der Waals surface area contributed by atoms with E-state index in [1.165, 1.54) is 0 Å². The molecule has 0 bridgehead atoms. The van der Waals surface area contributed by atoms with Gasteiger partial charge in [-0.15, -0.1) is 0 Å². The average Bonchev–Trinajstić information content (AvgIpc) is 2.13. The van der Waals surface area contributed by atoms with E-state index in [2.05, 4.69) is 18.1 Å². The molecule has 0 saturated carbocycles. The highest BCUT2D eigenvalue weighted by Crippen LogP contribution is 1.81. The van der Waals surface area contributed by atoms with E-state index in [4.69, 9.17) is 10.2 Å². The first kappa shape index (κ1) is 6.61. The lowest BCUT2D eigenvalue weighted by Crippen LogP contribution is -2.19. The minimum absolute atomic E-state index is 0.137. The van der Waals surface area contributed by atoms with Crippen LogP contribution in [0, 0.1) is 0 Å². The van der Waals surface area contributed by atoms with Gasteiger partial charge >= 0.3 is 0 Å². The van der Waals surface area contributed by atoms with Crippen LogP contribution in [-0.2, 0) is 0 Å². The van der Waals surface area contributed by atoms with E-state index >= 15 is 0 Å². The molecule has 1 heterocycles. The van der Waals surface area contributed by atoms with Crippen molar-refractivity contribution in [2.45, 2.75) is 0 Å². The predicted molar refractivity (Wildman–Crippen MR) is 40.3 cm³/mol. The van der Waals surface area contributed by atoms with Crippen molar-refractivity contribution < 1.29 is 4.42 Å². The fourth-order valence-electron chi connectivity index (χ4n) is 0.620. The molecule has 2 N–H and O–H groups in total. The van der Waals surface area contributed by atoms with Gasteiger partial charge in [-0.05, 0) is 6.08 Å². The van der Waals surface area contributed by atoms with E-state index in [0.29, 0.717) is 10.8 Å². The highest BCUT2D eigenvalue weighted by atomic mass is 16.4. The Morgan fingerprint density at radius 1 is 1.60 bits per heavy atom. The third-order valence-corrected chi connectivity index (χ3v) is 1.01. The first-order valence-corrected chi connectivity index (χ1v) is 2.78. The van der Waals surface area contributed by atoms with Crippen LogP contribution in [-0.4, -0.2) is 4.98 Å². The molecule has 1 aromatic heterocycles. The van der Waals surface area contributed by atoms with Gasteiger partial charge in [-0.3, -0.25) is 0 Å². The summed E-state index contributed by atoms with van der Waals surface area (Å²) in [7, 11) is 0. The second kappa shape index (κ2) is 2.39. The second-order valence-electron chi connectivity index (χ2n) is 1.77. The van der Waals surface area contributed by atoms with Gasteiger partial charge in [0.25, 0.3) is 6.01 Å². The molecule has 0 radical (unpaired) electrons. The van der Waals surface area contributed by atoms with Crippen molar-refractivity contribution in [2.24, 2.45) is 0 Å². The molecule has 3 nitrogen and oxygen atoms in total. The number of nitrogens with two attached hydrogens (primary N) is 1. The highest BCUT2D eigenvalue weighted by Gasteiger charge is 1.90. The van der Waals surface area contributed by atoms with Gasteiger partial charge in [0.15, 0.2) is 5.42 Å². The largest absolute Gasteiger partial charge is 0.424 e. The van der Waals surface area contributed by atoms with Crippen molar-refractivity contribution in [3.8, 4) is 0 Å². The molecule has 52 valence electrons. The molecule has 0 unspecified atom stereocenters. The van der Waals surface area contributed by atoms with Crippen LogP contribution in [0.15, 0.2) is 17.1 Å². The third-order valence-electron chi connectivity index (χ3n) is 1.01. The summed E-state index contributed by atoms with van der Waals surface area (Å²) in [6.45, 7) is 7.09. The third kappa shape index (κ3) is 1.07. The normalized spacial score (nSPS) is 11.8. The monoisotopic (exact) mass is 136 g/mol. The minimum atomic E-state index is 0.137. The Morgan fingerprint density at radius 2 is 2.30 bits per heavy atom. The fourth-order valence-corrected chi connectivity index (χ4v) is 0.620. The lowest BCUT2D eigenvalue weighted by molar-refractivity contribution is 0.546. The Balaban J connectivity index is 3.42. The van der Waals surface area contributed by atoms with Gasteiger partial charge in [-0.25, -0.2) is 0 Å². The quantitative estimate of drug-likeness (QED) is 0.573. The fraction of sp³-hybridized carbons (Fsp3) is 0. The van der Waals surface area contributed by atoms with Crippen LogP contribution in [0.1, 0.15) is 0 Å². The van der Waals surface area contributed by atoms with E-state index in [-0.39, 0.29) is 6.01 Å². The number of rotatable bonds is 1. The smallest absolute Gasteiger partial charge is 0.292 e. The first-order valence-electron chi connectivity index (χ1n) is 2.78. The molecular formula is C7H8N2O. The maximum absolute atomic E-state index is 5.24. The Bertz CT molecular complexity index is 337. The first-order chi connectivity index (χ1) is 4.74. The molecule has 0 spiro atoms. The van der Waals surface area contributed by atoms with Crippen molar-refractivity contribution in [1.82, 2.24) is 4.98 Å². The molecule has 3 heteroatoms. The second-order valence-corrected chi connectivity index (χ2v) is 1.77. The van der Waals surface area contributed by atoms with Crippen molar-refractivity contribution >= 4 is 18.7 Å². The maximum atomic E-state index is 5.24. The zero-order valence-corrected chi connectivity index (χ0v) is 5.50. The maximum Gasteiger partial charge on any atom is 0.292 e. The minimum Gasteiger partial charge on any atom is -0.424 e. The van der Waals surface area contributed by atoms with E-state index in [0.717, 1.165) is 0 Å². The molecule has 0 atom stereocenters. The predicted octanol–water partition coefficient (Wildman–Crippen LogP) is -0.366. The molecule has 1 aromatic rings. The van der Waals surface area contributed by atoms with Crippen LogP contribution in [0.5, 0.6) is 0 Å². The molecule has 0 saturated heterocycles. The molecule has 0 amide bonds. The molecule has 0 aliphatic rings. The van der Waals surface area contributed by atoms with Gasteiger partial charge in [-0.1, -0.05) is 19.2 Å². The van der Waals surface area contributed by atoms with Gasteiger partial charge in [-0.2, -0.15) is 4.98 Å². The molecule has 0 aliphatic carbocycles. The number of allylic oxidation sites excluding steroid dienone is 1. The van der Waals surface area contributed by atoms with Crippen molar-refractivity contribution in [3.05, 3.63) is 23.4 Å². The molecular weight excluding hydrogens is 128 g/mol. The van der Waals surface area contributed by atoms with Crippen molar-refractivity contribution in [2.75, 3.05) is 5.73 Å². The molecule has 0 fully saturated rings. The number of oxazole rings is 1. The van der Waals surface area contributed by atoms with Crippen LogP contribution in [0.3, 0.4) is 0 Å². The van der Waals surface area contributed by atoms with Gasteiger partial charge in [0, 0.05) is 0 Å². The number of hydrogen-bond acceptors (Lipinski definition) is 3. The summed E-state index contributed by atoms with van der Waals surface area (Å²) in [6.07, 6.45) is 3.25. The van der Waals surface area contributed by atoms with Crippen LogP contribution in [0.2, 0.25) is 0 Å². The number of nitrogen functional groups attached to an aromatic ring is 1. The zero-order valence-electron chi connectivity index (χ0n) is 5.50. The van der Waals surface area contributed by atoms with Gasteiger partial charge in [0.2, 0.25) is 0 Å². The van der Waals surface area contributed by atoms with Gasteiger partial charge in [0.05, 0.1) is 0 Å². The Kier molecular flexibility index (Phi) is 1.58. The van der Waals surface area contributed by atoms with E-state index in [1.54, 1.807) is 12.2 Å².